The van der Waals surface area contributed by atoms with Gasteiger partial charge in [-0.15, -0.1) is 0 Å². The van der Waals surface area contributed by atoms with Crippen LogP contribution in [0.4, 0.5) is 0 Å². The molecule has 3 aromatic rings. The Balaban J connectivity index is 2.01. The lowest BCUT2D eigenvalue weighted by molar-refractivity contribution is -0.149. The molecule has 0 saturated carbocycles. The van der Waals surface area contributed by atoms with Crippen molar-refractivity contribution in [1.82, 2.24) is 5.32 Å². The number of carbonyl (C=O) groups excluding carboxylic acids is 1. The summed E-state index contributed by atoms with van der Waals surface area (Å²) < 4.78 is 12.2. The third kappa shape index (κ3) is 5.44. The van der Waals surface area contributed by atoms with E-state index in [1.54, 1.807) is 0 Å². The topological polar surface area (TPSA) is 47.6 Å². The standard InChI is InChI=1S/C28H35NO3Si/c1-27(2,3)33(24-17-11-7-12-18-24,25-19-13-8-14-20-25)32-22-28(4,26(30)31-5)29-21-23-15-9-6-10-16-23/h6-20,29H,21-22H2,1-5H3. The van der Waals surface area contributed by atoms with E-state index < -0.39 is 13.9 Å². The molecule has 1 unspecified atom stereocenters. The molecule has 0 aliphatic heterocycles. The van der Waals surface area contributed by atoms with Crippen molar-refractivity contribution < 1.29 is 14.0 Å². The monoisotopic (exact) mass is 461 g/mol. The zero-order valence-corrected chi connectivity index (χ0v) is 21.3. The summed E-state index contributed by atoms with van der Waals surface area (Å²) in [5.41, 5.74) is 0.0931. The number of methoxy groups -OCH3 is 1. The summed E-state index contributed by atoms with van der Waals surface area (Å²) in [6.07, 6.45) is 0. The van der Waals surface area contributed by atoms with Gasteiger partial charge < -0.3 is 9.16 Å². The molecule has 0 amide bonds. The summed E-state index contributed by atoms with van der Waals surface area (Å²) in [7, 11) is -1.35. The van der Waals surface area contributed by atoms with E-state index in [9.17, 15) is 4.79 Å². The van der Waals surface area contributed by atoms with Gasteiger partial charge in [0.2, 0.25) is 0 Å². The second-order valence-corrected chi connectivity index (χ2v) is 13.9. The average molecular weight is 462 g/mol. The van der Waals surface area contributed by atoms with Gasteiger partial charge in [-0.3, -0.25) is 5.32 Å². The molecule has 0 aromatic heterocycles. The number of hydrogen-bond acceptors (Lipinski definition) is 4. The van der Waals surface area contributed by atoms with E-state index in [-0.39, 0.29) is 17.6 Å². The van der Waals surface area contributed by atoms with Crippen molar-refractivity contribution >= 4 is 24.7 Å². The van der Waals surface area contributed by atoms with Crippen LogP contribution in [0.1, 0.15) is 33.3 Å². The van der Waals surface area contributed by atoms with Crippen molar-refractivity contribution in [3.8, 4) is 0 Å². The van der Waals surface area contributed by atoms with Gasteiger partial charge in [-0.25, -0.2) is 4.79 Å². The minimum atomic E-state index is -2.77. The summed E-state index contributed by atoms with van der Waals surface area (Å²) >= 11 is 0. The van der Waals surface area contributed by atoms with Crippen LogP contribution in [-0.2, 0) is 20.5 Å². The quantitative estimate of drug-likeness (QED) is 0.382. The normalized spacial score (nSPS) is 13.8. The molecule has 0 saturated heterocycles. The predicted octanol–water partition coefficient (Wildman–Crippen LogP) is 4.28. The van der Waals surface area contributed by atoms with E-state index in [2.05, 4.69) is 74.6 Å². The maximum Gasteiger partial charge on any atom is 0.328 e. The van der Waals surface area contributed by atoms with E-state index in [0.29, 0.717) is 6.54 Å². The largest absolute Gasteiger partial charge is 0.468 e. The minimum absolute atomic E-state index is 0.174. The molecule has 0 spiro atoms. The second kappa shape index (κ2) is 10.5. The first-order chi connectivity index (χ1) is 15.7. The molecule has 0 aliphatic rings. The summed E-state index contributed by atoms with van der Waals surface area (Å²) in [5, 5.41) is 5.60. The fourth-order valence-corrected chi connectivity index (χ4v) is 8.98. The molecule has 1 N–H and O–H groups in total. The number of rotatable bonds is 9. The first-order valence-electron chi connectivity index (χ1n) is 11.4. The fourth-order valence-electron chi connectivity index (χ4n) is 4.31. The van der Waals surface area contributed by atoms with Crippen molar-refractivity contribution in [2.75, 3.05) is 13.7 Å². The van der Waals surface area contributed by atoms with Crippen molar-refractivity contribution in [2.45, 2.75) is 44.8 Å². The Labute approximate surface area is 199 Å². The number of esters is 1. The van der Waals surface area contributed by atoms with Crippen molar-refractivity contribution in [2.24, 2.45) is 0 Å². The highest BCUT2D eigenvalue weighted by atomic mass is 28.4. The average Bonchev–Trinajstić information content (AvgIpc) is 2.84. The van der Waals surface area contributed by atoms with Gasteiger partial charge in [0.25, 0.3) is 8.32 Å². The number of benzene rings is 3. The maximum absolute atomic E-state index is 12.9. The summed E-state index contributed by atoms with van der Waals surface area (Å²) in [6, 6.07) is 30.9. The molecule has 0 fully saturated rings. The van der Waals surface area contributed by atoms with Crippen LogP contribution in [0.5, 0.6) is 0 Å². The van der Waals surface area contributed by atoms with Gasteiger partial charge in [-0.05, 0) is 27.9 Å². The van der Waals surface area contributed by atoms with Crippen LogP contribution < -0.4 is 15.7 Å². The van der Waals surface area contributed by atoms with Crippen molar-refractivity contribution in [3.05, 3.63) is 96.6 Å². The van der Waals surface area contributed by atoms with Gasteiger partial charge in [0.15, 0.2) is 0 Å². The second-order valence-electron chi connectivity index (χ2n) is 9.61. The highest BCUT2D eigenvalue weighted by molar-refractivity contribution is 6.99. The molecule has 4 nitrogen and oxygen atoms in total. The number of hydrogen-bond donors (Lipinski definition) is 1. The Hall–Kier alpha value is -2.73. The first kappa shape index (κ1) is 24.9. The van der Waals surface area contributed by atoms with Crippen LogP contribution in [-0.4, -0.2) is 33.5 Å². The van der Waals surface area contributed by atoms with Crippen LogP contribution in [0, 0.1) is 0 Å². The van der Waals surface area contributed by atoms with Crippen molar-refractivity contribution in [1.29, 1.82) is 0 Å². The molecular formula is C28H35NO3Si. The molecule has 0 radical (unpaired) electrons. The zero-order chi connectivity index (χ0) is 24.0. The van der Waals surface area contributed by atoms with Crippen LogP contribution in [0.15, 0.2) is 91.0 Å². The Morgan fingerprint density at radius 2 is 1.24 bits per heavy atom. The van der Waals surface area contributed by atoms with Crippen LogP contribution >= 0.6 is 0 Å². The molecular weight excluding hydrogens is 426 g/mol. The predicted molar refractivity (Wildman–Crippen MR) is 137 cm³/mol. The smallest absolute Gasteiger partial charge is 0.328 e. The van der Waals surface area contributed by atoms with Gasteiger partial charge in [-0.2, -0.15) is 0 Å². The van der Waals surface area contributed by atoms with Crippen LogP contribution in [0.2, 0.25) is 5.04 Å². The number of carbonyl (C=O) groups is 1. The lowest BCUT2D eigenvalue weighted by Gasteiger charge is -2.44. The van der Waals surface area contributed by atoms with Crippen LogP contribution in [0.3, 0.4) is 0 Å². The van der Waals surface area contributed by atoms with Gasteiger partial charge in [0.05, 0.1) is 13.7 Å². The van der Waals surface area contributed by atoms with Gasteiger partial charge in [-0.1, -0.05) is 112 Å². The lowest BCUT2D eigenvalue weighted by Crippen LogP contribution is -2.68. The Morgan fingerprint density at radius 3 is 1.67 bits per heavy atom. The lowest BCUT2D eigenvalue weighted by atomic mass is 10.0. The molecule has 0 heterocycles. The Bertz CT molecular complexity index is 980. The van der Waals surface area contributed by atoms with E-state index in [1.165, 1.54) is 17.5 Å². The molecule has 0 bridgehead atoms. The molecule has 1 atom stereocenters. The minimum Gasteiger partial charge on any atom is -0.468 e. The maximum atomic E-state index is 12.9. The highest BCUT2D eigenvalue weighted by Gasteiger charge is 2.51. The number of nitrogens with one attached hydrogen (secondary N) is 1. The SMILES string of the molecule is COC(=O)C(C)(CO[Si](c1ccccc1)(c1ccccc1)C(C)(C)C)NCc1ccccc1. The van der Waals surface area contributed by atoms with Crippen LogP contribution in [0.25, 0.3) is 0 Å². The van der Waals surface area contributed by atoms with E-state index in [1.807, 2.05) is 49.4 Å². The van der Waals surface area contributed by atoms with Gasteiger partial charge >= 0.3 is 5.97 Å². The van der Waals surface area contributed by atoms with Gasteiger partial charge in [0, 0.05) is 6.54 Å². The Kier molecular flexibility index (Phi) is 7.90. The zero-order valence-electron chi connectivity index (χ0n) is 20.3. The molecule has 3 aromatic carbocycles. The third-order valence-corrected chi connectivity index (χ3v) is 11.1. The fraction of sp³-hybridized carbons (Fsp3) is 0.321. The first-order valence-corrected chi connectivity index (χ1v) is 13.3. The summed E-state index contributed by atoms with van der Waals surface area (Å²) in [4.78, 5) is 12.9. The molecule has 33 heavy (non-hydrogen) atoms. The third-order valence-electron chi connectivity index (χ3n) is 6.16. The molecule has 3 rings (SSSR count). The Morgan fingerprint density at radius 1 is 0.788 bits per heavy atom. The van der Waals surface area contributed by atoms with Crippen molar-refractivity contribution in [3.63, 3.8) is 0 Å². The molecule has 5 heteroatoms. The summed E-state index contributed by atoms with van der Waals surface area (Å²) in [5.74, 6) is -0.337. The highest BCUT2D eigenvalue weighted by Crippen LogP contribution is 2.37. The molecule has 174 valence electrons. The van der Waals surface area contributed by atoms with E-state index in [0.717, 1.165) is 5.56 Å². The van der Waals surface area contributed by atoms with E-state index >= 15 is 0 Å². The van der Waals surface area contributed by atoms with Gasteiger partial charge in [0.1, 0.15) is 5.54 Å². The number of ether oxygens (including phenoxy) is 1. The summed E-state index contributed by atoms with van der Waals surface area (Å²) in [6.45, 7) is 9.28. The van der Waals surface area contributed by atoms with E-state index in [4.69, 9.17) is 9.16 Å². The molecule has 0 aliphatic carbocycles.